The molecule has 0 saturated heterocycles. The topological polar surface area (TPSA) is 105 Å². The summed E-state index contributed by atoms with van der Waals surface area (Å²) in [6, 6.07) is 20.8. The summed E-state index contributed by atoms with van der Waals surface area (Å²) in [5, 5.41) is 3.02. The first-order valence-electron chi connectivity index (χ1n) is 13.6. The van der Waals surface area contributed by atoms with Crippen molar-refractivity contribution >= 4 is 27.5 Å². The van der Waals surface area contributed by atoms with Gasteiger partial charge in [-0.1, -0.05) is 60.2 Å². The molecule has 0 saturated carbocycles. The average Bonchev–Trinajstić information content (AvgIpc) is 2.93. The van der Waals surface area contributed by atoms with Crippen LogP contribution in [-0.4, -0.2) is 63.7 Å². The summed E-state index contributed by atoms with van der Waals surface area (Å²) < 4.78 is 37.7. The van der Waals surface area contributed by atoms with Crippen LogP contribution in [-0.2, 0) is 32.6 Å². The van der Waals surface area contributed by atoms with Gasteiger partial charge in [0.1, 0.15) is 12.6 Å². The lowest BCUT2D eigenvalue weighted by atomic mass is 10.0. The van der Waals surface area contributed by atoms with Gasteiger partial charge in [0.2, 0.25) is 21.8 Å². The lowest BCUT2D eigenvalue weighted by Gasteiger charge is -2.35. The number of nitrogens with one attached hydrogen (secondary N) is 1. The highest BCUT2D eigenvalue weighted by molar-refractivity contribution is 7.92. The molecule has 1 unspecified atom stereocenters. The number of sulfonamides is 1. The van der Waals surface area contributed by atoms with E-state index < -0.39 is 34.1 Å². The molecule has 3 rings (SSSR count). The molecule has 1 N–H and O–H groups in total. The van der Waals surface area contributed by atoms with Gasteiger partial charge in [0.25, 0.3) is 0 Å². The van der Waals surface area contributed by atoms with Gasteiger partial charge in [0.05, 0.1) is 26.2 Å². The predicted octanol–water partition coefficient (Wildman–Crippen LogP) is 4.33. The van der Waals surface area contributed by atoms with Crippen molar-refractivity contribution in [2.45, 2.75) is 52.2 Å². The van der Waals surface area contributed by atoms with Crippen LogP contribution in [0.25, 0.3) is 0 Å². The smallest absolute Gasteiger partial charge is 0.244 e. The summed E-state index contributed by atoms with van der Waals surface area (Å²) in [4.78, 5) is 29.5. The van der Waals surface area contributed by atoms with Crippen LogP contribution in [0.5, 0.6) is 11.5 Å². The van der Waals surface area contributed by atoms with E-state index in [-0.39, 0.29) is 24.6 Å². The maximum Gasteiger partial charge on any atom is 0.244 e. The molecule has 0 radical (unpaired) electrons. The molecule has 0 aliphatic heterocycles. The van der Waals surface area contributed by atoms with Crippen LogP contribution in [0.1, 0.15) is 37.5 Å². The molecule has 3 aromatic carbocycles. The lowest BCUT2D eigenvalue weighted by molar-refractivity contribution is -0.140. The fourth-order valence-electron chi connectivity index (χ4n) is 4.49. The Morgan fingerprint density at radius 1 is 0.881 bits per heavy atom. The normalized spacial score (nSPS) is 12.3. The van der Waals surface area contributed by atoms with E-state index in [9.17, 15) is 18.0 Å². The molecule has 0 fully saturated rings. The highest BCUT2D eigenvalue weighted by Crippen LogP contribution is 2.32. The first-order chi connectivity index (χ1) is 19.7. The molecular formula is C32H41N3O6S. The highest BCUT2D eigenvalue weighted by atomic mass is 32.2. The Bertz CT molecular complexity index is 1470. The predicted molar refractivity (Wildman–Crippen MR) is 165 cm³/mol. The second-order valence-electron chi connectivity index (χ2n) is 11.3. The van der Waals surface area contributed by atoms with Crippen molar-refractivity contribution in [3.63, 3.8) is 0 Å². The van der Waals surface area contributed by atoms with Gasteiger partial charge in [-0.3, -0.25) is 13.9 Å². The summed E-state index contributed by atoms with van der Waals surface area (Å²) in [6.07, 6.45) is 1.28. The number of amides is 2. The molecule has 9 nitrogen and oxygen atoms in total. The van der Waals surface area contributed by atoms with Gasteiger partial charge < -0.3 is 19.7 Å². The maximum absolute atomic E-state index is 14.2. The standard InChI is InChI=1S/C32H41N3O6S/c1-23-13-15-25(16-14-23)21-34(27(31(37)33-32(2,3)4)19-24-11-9-8-10-12-24)30(36)22-35(42(7,38)39)26-17-18-28(40-5)29(20-26)41-6/h8-18,20,27H,19,21-22H2,1-7H3,(H,33,37). The molecule has 226 valence electrons. The van der Waals surface area contributed by atoms with Crippen LogP contribution in [0.3, 0.4) is 0 Å². The molecular weight excluding hydrogens is 554 g/mol. The van der Waals surface area contributed by atoms with E-state index in [1.165, 1.54) is 25.2 Å². The van der Waals surface area contributed by atoms with E-state index in [1.54, 1.807) is 12.1 Å². The Hall–Kier alpha value is -4.05. The SMILES string of the molecule is COc1ccc(N(CC(=O)N(Cc2ccc(C)cc2)C(Cc2ccccc2)C(=O)NC(C)(C)C)S(C)(=O)=O)cc1OC. The lowest BCUT2D eigenvalue weighted by Crippen LogP contribution is -2.56. The van der Waals surface area contributed by atoms with Gasteiger partial charge in [-0.05, 0) is 51.0 Å². The molecule has 3 aromatic rings. The van der Waals surface area contributed by atoms with E-state index in [0.29, 0.717) is 11.5 Å². The van der Waals surface area contributed by atoms with E-state index >= 15 is 0 Å². The average molecular weight is 596 g/mol. The molecule has 0 aromatic heterocycles. The van der Waals surface area contributed by atoms with Gasteiger partial charge in [0.15, 0.2) is 11.5 Å². The van der Waals surface area contributed by atoms with Gasteiger partial charge in [-0.15, -0.1) is 0 Å². The van der Waals surface area contributed by atoms with Crippen LogP contribution < -0.4 is 19.1 Å². The van der Waals surface area contributed by atoms with E-state index in [1.807, 2.05) is 82.3 Å². The molecule has 0 aliphatic rings. The Balaban J connectivity index is 2.09. The van der Waals surface area contributed by atoms with E-state index in [4.69, 9.17) is 9.47 Å². The first-order valence-corrected chi connectivity index (χ1v) is 15.5. The third kappa shape index (κ3) is 8.97. The number of ether oxygens (including phenoxy) is 2. The van der Waals surface area contributed by atoms with Crippen LogP contribution in [0.2, 0.25) is 0 Å². The number of benzene rings is 3. The van der Waals surface area contributed by atoms with Crippen molar-refractivity contribution in [1.82, 2.24) is 10.2 Å². The van der Waals surface area contributed by atoms with Gasteiger partial charge in [-0.2, -0.15) is 0 Å². The number of aryl methyl sites for hydroxylation is 1. The fourth-order valence-corrected chi connectivity index (χ4v) is 5.33. The number of carbonyl (C=O) groups is 2. The third-order valence-electron chi connectivity index (χ3n) is 6.58. The number of methoxy groups -OCH3 is 2. The monoisotopic (exact) mass is 595 g/mol. The number of carbonyl (C=O) groups excluding carboxylic acids is 2. The number of hydrogen-bond acceptors (Lipinski definition) is 6. The minimum absolute atomic E-state index is 0.109. The summed E-state index contributed by atoms with van der Waals surface area (Å²) >= 11 is 0. The van der Waals surface area contributed by atoms with Gasteiger partial charge >= 0.3 is 0 Å². The van der Waals surface area contributed by atoms with Crippen molar-refractivity contribution in [3.05, 3.63) is 89.5 Å². The quantitative estimate of drug-likeness (QED) is 0.334. The van der Waals surface area contributed by atoms with Gasteiger partial charge in [0, 0.05) is 24.6 Å². The zero-order valence-electron chi connectivity index (χ0n) is 25.4. The molecule has 10 heteroatoms. The number of nitrogens with zero attached hydrogens (tertiary/aromatic N) is 2. The summed E-state index contributed by atoms with van der Waals surface area (Å²) in [5.41, 5.74) is 2.42. The minimum Gasteiger partial charge on any atom is -0.493 e. The van der Waals surface area contributed by atoms with E-state index in [0.717, 1.165) is 27.3 Å². The second kappa shape index (κ2) is 13.7. The Morgan fingerprint density at radius 2 is 1.50 bits per heavy atom. The Kier molecular flexibility index (Phi) is 10.6. The minimum atomic E-state index is -3.91. The van der Waals surface area contributed by atoms with Crippen LogP contribution >= 0.6 is 0 Å². The Labute approximate surface area is 249 Å². The summed E-state index contributed by atoms with van der Waals surface area (Å²) in [7, 11) is -0.987. The van der Waals surface area contributed by atoms with Crippen LogP contribution in [0, 0.1) is 6.92 Å². The van der Waals surface area contributed by atoms with Crippen molar-refractivity contribution in [2.75, 3.05) is 31.3 Å². The molecule has 0 bridgehead atoms. The Morgan fingerprint density at radius 3 is 2.05 bits per heavy atom. The summed E-state index contributed by atoms with van der Waals surface area (Å²) in [6.45, 7) is 7.18. The molecule has 0 heterocycles. The van der Waals surface area contributed by atoms with Gasteiger partial charge in [-0.25, -0.2) is 8.42 Å². The number of hydrogen-bond donors (Lipinski definition) is 1. The number of rotatable bonds is 12. The number of anilines is 1. The van der Waals surface area contributed by atoms with Crippen molar-refractivity contribution in [1.29, 1.82) is 0 Å². The van der Waals surface area contributed by atoms with Crippen LogP contribution in [0.15, 0.2) is 72.8 Å². The fraction of sp³-hybridized carbons (Fsp3) is 0.375. The largest absolute Gasteiger partial charge is 0.493 e. The zero-order chi connectivity index (χ0) is 31.1. The maximum atomic E-state index is 14.2. The first kappa shape index (κ1) is 32.5. The highest BCUT2D eigenvalue weighted by Gasteiger charge is 2.34. The molecule has 0 aliphatic carbocycles. The van der Waals surface area contributed by atoms with E-state index in [2.05, 4.69) is 5.32 Å². The zero-order valence-corrected chi connectivity index (χ0v) is 26.2. The molecule has 2 amide bonds. The van der Waals surface area contributed by atoms with Crippen molar-refractivity contribution < 1.29 is 27.5 Å². The van der Waals surface area contributed by atoms with Crippen molar-refractivity contribution in [2.24, 2.45) is 0 Å². The molecule has 1 atom stereocenters. The van der Waals surface area contributed by atoms with Crippen LogP contribution in [0.4, 0.5) is 5.69 Å². The molecule has 0 spiro atoms. The van der Waals surface area contributed by atoms with Crippen molar-refractivity contribution in [3.8, 4) is 11.5 Å². The second-order valence-corrected chi connectivity index (χ2v) is 13.2. The third-order valence-corrected chi connectivity index (χ3v) is 7.72. The summed E-state index contributed by atoms with van der Waals surface area (Å²) in [5.74, 6) is -0.118. The molecule has 42 heavy (non-hydrogen) atoms.